The average molecular weight is 194 g/mol. The summed E-state index contributed by atoms with van der Waals surface area (Å²) in [5.74, 6) is 0. The second-order valence-corrected chi connectivity index (χ2v) is 3.56. The molecule has 0 radical (unpaired) electrons. The number of rotatable bonds is 1. The van der Waals surface area contributed by atoms with E-state index >= 15 is 0 Å². The molecular formula is C11H12ClN. The van der Waals surface area contributed by atoms with Gasteiger partial charge in [0.2, 0.25) is 0 Å². The maximum Gasteiger partial charge on any atom is 0.112 e. The predicted octanol–water partition coefficient (Wildman–Crippen LogP) is 3.39. The Kier molecular flexibility index (Phi) is 2.04. The van der Waals surface area contributed by atoms with Crippen molar-refractivity contribution in [2.45, 2.75) is 13.3 Å². The molecule has 68 valence electrons. The molecule has 0 unspecified atom stereocenters. The average Bonchev–Trinajstić information content (AvgIpc) is 2.41. The van der Waals surface area contributed by atoms with Crippen molar-refractivity contribution in [2.75, 3.05) is 0 Å². The van der Waals surface area contributed by atoms with E-state index in [1.54, 1.807) is 0 Å². The Morgan fingerprint density at radius 3 is 2.69 bits per heavy atom. The van der Waals surface area contributed by atoms with Crippen molar-refractivity contribution < 1.29 is 0 Å². The van der Waals surface area contributed by atoms with Gasteiger partial charge in [-0.05, 0) is 18.1 Å². The lowest BCUT2D eigenvalue weighted by Crippen LogP contribution is -1.86. The number of hydrogen-bond donors (Lipinski definition) is 0. The molecule has 0 amide bonds. The van der Waals surface area contributed by atoms with Crippen LogP contribution in [0.3, 0.4) is 0 Å². The number of halogens is 1. The molecule has 0 saturated heterocycles. The van der Waals surface area contributed by atoms with Crippen LogP contribution < -0.4 is 0 Å². The van der Waals surface area contributed by atoms with Gasteiger partial charge in [0.15, 0.2) is 0 Å². The fourth-order valence-electron chi connectivity index (χ4n) is 1.78. The molecule has 1 aromatic carbocycles. The quantitative estimate of drug-likeness (QED) is 0.654. The van der Waals surface area contributed by atoms with Gasteiger partial charge >= 0.3 is 0 Å². The lowest BCUT2D eigenvalue weighted by Gasteiger charge is -1.95. The number of hydrogen-bond acceptors (Lipinski definition) is 0. The third kappa shape index (κ3) is 1.15. The molecule has 0 bridgehead atoms. The van der Waals surface area contributed by atoms with Crippen molar-refractivity contribution in [2.24, 2.45) is 7.05 Å². The van der Waals surface area contributed by atoms with E-state index in [4.69, 9.17) is 11.6 Å². The third-order valence-corrected chi connectivity index (χ3v) is 2.97. The molecule has 0 aliphatic carbocycles. The summed E-state index contributed by atoms with van der Waals surface area (Å²) in [4.78, 5) is 0. The lowest BCUT2D eigenvalue weighted by atomic mass is 10.1. The fourth-order valence-corrected chi connectivity index (χ4v) is 2.10. The Morgan fingerprint density at radius 1 is 1.31 bits per heavy atom. The smallest absolute Gasteiger partial charge is 0.112 e. The first kappa shape index (κ1) is 8.64. The van der Waals surface area contributed by atoms with Crippen LogP contribution in [0, 0.1) is 0 Å². The second-order valence-electron chi connectivity index (χ2n) is 3.20. The SMILES string of the molecule is CCc1c(Cl)n(C)c2ccccc12. The van der Waals surface area contributed by atoms with Gasteiger partial charge < -0.3 is 4.57 Å². The summed E-state index contributed by atoms with van der Waals surface area (Å²) in [5.41, 5.74) is 2.46. The van der Waals surface area contributed by atoms with Crippen molar-refractivity contribution in [3.8, 4) is 0 Å². The molecule has 0 spiro atoms. The van der Waals surface area contributed by atoms with Crippen LogP contribution in [0.5, 0.6) is 0 Å². The van der Waals surface area contributed by atoms with Gasteiger partial charge in [-0.25, -0.2) is 0 Å². The van der Waals surface area contributed by atoms with E-state index in [0.717, 1.165) is 11.6 Å². The molecule has 0 aliphatic rings. The molecule has 0 atom stereocenters. The van der Waals surface area contributed by atoms with Gasteiger partial charge in [-0.2, -0.15) is 0 Å². The van der Waals surface area contributed by atoms with Gasteiger partial charge in [0.05, 0.1) is 0 Å². The summed E-state index contributed by atoms with van der Waals surface area (Å²) in [6.45, 7) is 2.13. The first-order chi connectivity index (χ1) is 6.25. The molecule has 0 saturated carbocycles. The molecule has 0 fully saturated rings. The minimum Gasteiger partial charge on any atom is -0.335 e. The van der Waals surface area contributed by atoms with Crippen molar-refractivity contribution in [1.82, 2.24) is 4.57 Å². The summed E-state index contributed by atoms with van der Waals surface area (Å²) in [7, 11) is 2.00. The maximum atomic E-state index is 6.20. The normalized spacial score (nSPS) is 11.0. The van der Waals surface area contributed by atoms with Crippen LogP contribution in [0.4, 0.5) is 0 Å². The van der Waals surface area contributed by atoms with Crippen LogP contribution in [0.25, 0.3) is 10.9 Å². The Hall–Kier alpha value is -0.950. The van der Waals surface area contributed by atoms with E-state index < -0.39 is 0 Å². The molecule has 13 heavy (non-hydrogen) atoms. The highest BCUT2D eigenvalue weighted by atomic mass is 35.5. The van der Waals surface area contributed by atoms with E-state index in [2.05, 4.69) is 25.1 Å². The molecule has 0 N–H and O–H groups in total. The third-order valence-electron chi connectivity index (χ3n) is 2.49. The summed E-state index contributed by atoms with van der Waals surface area (Å²) >= 11 is 6.20. The van der Waals surface area contributed by atoms with Gasteiger partial charge in [0.1, 0.15) is 5.15 Å². The van der Waals surface area contributed by atoms with Crippen LogP contribution >= 0.6 is 11.6 Å². The first-order valence-electron chi connectivity index (χ1n) is 4.47. The van der Waals surface area contributed by atoms with Crippen LogP contribution in [0.15, 0.2) is 24.3 Å². The van der Waals surface area contributed by atoms with E-state index in [-0.39, 0.29) is 0 Å². The van der Waals surface area contributed by atoms with E-state index in [9.17, 15) is 0 Å². The summed E-state index contributed by atoms with van der Waals surface area (Å²) in [6, 6.07) is 8.32. The topological polar surface area (TPSA) is 4.93 Å². The highest BCUT2D eigenvalue weighted by Crippen LogP contribution is 2.28. The van der Waals surface area contributed by atoms with Crippen molar-refractivity contribution >= 4 is 22.5 Å². The molecule has 1 heterocycles. The zero-order valence-corrected chi connectivity index (χ0v) is 8.60. The minimum absolute atomic E-state index is 0.865. The van der Waals surface area contributed by atoms with Gasteiger partial charge in [-0.3, -0.25) is 0 Å². The number of para-hydroxylation sites is 1. The van der Waals surface area contributed by atoms with Crippen LogP contribution in [0.2, 0.25) is 5.15 Å². The van der Waals surface area contributed by atoms with Crippen molar-refractivity contribution in [3.63, 3.8) is 0 Å². The Balaban J connectivity index is 2.90. The highest BCUT2D eigenvalue weighted by Gasteiger charge is 2.10. The maximum absolute atomic E-state index is 6.20. The number of fused-ring (bicyclic) bond motifs is 1. The zero-order valence-electron chi connectivity index (χ0n) is 7.84. The zero-order chi connectivity index (χ0) is 9.42. The Labute approximate surface area is 82.9 Å². The summed E-state index contributed by atoms with van der Waals surface area (Å²) in [5, 5.41) is 2.14. The fraction of sp³-hybridized carbons (Fsp3) is 0.273. The summed E-state index contributed by atoms with van der Waals surface area (Å²) < 4.78 is 2.04. The highest BCUT2D eigenvalue weighted by molar-refractivity contribution is 6.32. The van der Waals surface area contributed by atoms with Crippen LogP contribution in [-0.4, -0.2) is 4.57 Å². The van der Waals surface area contributed by atoms with Crippen LogP contribution in [-0.2, 0) is 13.5 Å². The van der Waals surface area contributed by atoms with Crippen molar-refractivity contribution in [1.29, 1.82) is 0 Å². The van der Waals surface area contributed by atoms with E-state index in [1.807, 2.05) is 17.7 Å². The number of aromatic nitrogens is 1. The molecular weight excluding hydrogens is 182 g/mol. The van der Waals surface area contributed by atoms with Crippen molar-refractivity contribution in [3.05, 3.63) is 35.0 Å². The van der Waals surface area contributed by atoms with Gasteiger partial charge in [0.25, 0.3) is 0 Å². The number of benzene rings is 1. The first-order valence-corrected chi connectivity index (χ1v) is 4.85. The Bertz CT molecular complexity index is 443. The Morgan fingerprint density at radius 2 is 2.00 bits per heavy atom. The second kappa shape index (κ2) is 3.08. The van der Waals surface area contributed by atoms with Gasteiger partial charge in [-0.1, -0.05) is 36.7 Å². The number of aryl methyl sites for hydroxylation is 2. The standard InChI is InChI=1S/C11H12ClN/c1-3-8-9-6-4-5-7-10(9)13(2)11(8)12/h4-7H,3H2,1-2H3. The van der Waals surface area contributed by atoms with E-state index in [0.29, 0.717) is 0 Å². The van der Waals surface area contributed by atoms with E-state index in [1.165, 1.54) is 16.5 Å². The van der Waals surface area contributed by atoms with Crippen LogP contribution in [0.1, 0.15) is 12.5 Å². The lowest BCUT2D eigenvalue weighted by molar-refractivity contribution is 0.955. The molecule has 2 heteroatoms. The molecule has 2 aromatic rings. The predicted molar refractivity (Wildman–Crippen MR) is 57.3 cm³/mol. The van der Waals surface area contributed by atoms with Gasteiger partial charge in [-0.15, -0.1) is 0 Å². The molecule has 1 nitrogen and oxygen atoms in total. The molecule has 2 rings (SSSR count). The number of nitrogens with zero attached hydrogens (tertiary/aromatic N) is 1. The largest absolute Gasteiger partial charge is 0.335 e. The molecule has 0 aliphatic heterocycles. The summed E-state index contributed by atoms with van der Waals surface area (Å²) in [6.07, 6.45) is 0.986. The molecule has 1 aromatic heterocycles. The van der Waals surface area contributed by atoms with Gasteiger partial charge in [0, 0.05) is 18.0 Å². The minimum atomic E-state index is 0.865. The monoisotopic (exact) mass is 193 g/mol.